The second kappa shape index (κ2) is 34.1. The lowest BCUT2D eigenvalue weighted by Gasteiger charge is -2.53. The molecule has 0 fully saturated rings. The van der Waals surface area contributed by atoms with Crippen LogP contribution in [0.15, 0.2) is 97.1 Å². The summed E-state index contributed by atoms with van der Waals surface area (Å²) in [6.07, 6.45) is 9.04. The topological polar surface area (TPSA) is 13.0 Å². The van der Waals surface area contributed by atoms with Crippen molar-refractivity contribution in [3.05, 3.63) is 119 Å². The third-order valence-corrected chi connectivity index (χ3v) is 13.8. The van der Waals surface area contributed by atoms with Crippen LogP contribution in [0.25, 0.3) is 0 Å². The van der Waals surface area contributed by atoms with Crippen LogP contribution >= 0.6 is 120 Å². The average Bonchev–Trinajstić information content (AvgIpc) is 3.22. The standard InChI is InChI=1S/C44H64N4P.3I2.HI/c1-9-13-33-45(41-25-17-37(5)18-26-41)49(46(34-14-10-2)42-27-19-38(6)20-28-42,47(35-15-11-3)43-29-21-39(7)22-30-43)48(36-16-12-4)44-31-23-40(8)24-32-44;3*1-2;/h17-32H,9-16,33-36H2,1-8H3;;;;1H/q+1;;;;/p-1. The van der Waals surface area contributed by atoms with E-state index in [0.29, 0.717) is 0 Å². The van der Waals surface area contributed by atoms with Gasteiger partial charge in [-0.25, -0.2) is 0 Å². The molecule has 4 rings (SSSR count). The Morgan fingerprint density at radius 1 is 0.339 bits per heavy atom. The first-order valence-electron chi connectivity index (χ1n) is 19.5. The minimum Gasteiger partial charge on any atom is -1.00 e. The molecule has 0 radical (unpaired) electrons. The third kappa shape index (κ3) is 17.4. The van der Waals surface area contributed by atoms with Crippen molar-refractivity contribution in [2.24, 2.45) is 0 Å². The summed E-state index contributed by atoms with van der Waals surface area (Å²) in [5.74, 6) is 0. The van der Waals surface area contributed by atoms with Crippen LogP contribution in [0.1, 0.15) is 101 Å². The largest absolute Gasteiger partial charge is 1.00 e. The first kappa shape index (κ1) is 57.6. The maximum atomic E-state index is 2.89. The van der Waals surface area contributed by atoms with Gasteiger partial charge in [0.05, 0.1) is 48.9 Å². The molecule has 0 saturated heterocycles. The first-order valence-corrected chi connectivity index (χ1v) is 40.0. The van der Waals surface area contributed by atoms with E-state index in [9.17, 15) is 0 Å². The fraction of sp³-hybridized carbons (Fsp3) is 0.455. The number of unbranched alkanes of at least 4 members (excludes halogenated alkanes) is 4. The van der Waals surface area contributed by atoms with Gasteiger partial charge >= 0.3 is 7.87 Å². The Balaban J connectivity index is 0.00000412. The van der Waals surface area contributed by atoms with Crippen molar-refractivity contribution >= 4 is 142 Å². The summed E-state index contributed by atoms with van der Waals surface area (Å²) in [7, 11) is -2.67. The van der Waals surface area contributed by atoms with Gasteiger partial charge in [0.15, 0.2) is 0 Å². The zero-order valence-corrected chi connectivity index (χ0v) is 50.6. The van der Waals surface area contributed by atoms with Crippen LogP contribution in [0, 0.1) is 27.7 Å². The van der Waals surface area contributed by atoms with Crippen LogP contribution in [-0.4, -0.2) is 26.2 Å². The highest BCUT2D eigenvalue weighted by Gasteiger charge is 2.63. The molecule has 0 amide bonds. The van der Waals surface area contributed by atoms with Crippen molar-refractivity contribution in [1.82, 2.24) is 0 Å². The van der Waals surface area contributed by atoms with E-state index in [4.69, 9.17) is 0 Å². The Morgan fingerprint density at radius 3 is 0.643 bits per heavy atom. The summed E-state index contributed by atoms with van der Waals surface area (Å²) in [5.41, 5.74) is 10.4. The molecular weight excluding hydrogens is 1500 g/mol. The van der Waals surface area contributed by atoms with E-state index >= 15 is 0 Å². The van der Waals surface area contributed by atoms with Gasteiger partial charge in [-0.3, -0.25) is 0 Å². The Bertz CT molecular complexity index is 1290. The number of anilines is 4. The number of hydrogen-bond donors (Lipinski definition) is 0. The molecule has 0 unspecified atom stereocenters. The fourth-order valence-corrected chi connectivity index (χ4v) is 11.5. The van der Waals surface area contributed by atoms with Crippen LogP contribution in [-0.2, 0) is 0 Å². The second-order valence-corrected chi connectivity index (χ2v) is 16.8. The highest BCUT2D eigenvalue weighted by atomic mass is 128. The molecule has 0 spiro atoms. The molecule has 0 aromatic heterocycles. The maximum absolute atomic E-state index is 2.89. The molecule has 0 N–H and O–H groups in total. The summed E-state index contributed by atoms with van der Waals surface area (Å²) in [5, 5.41) is 0. The smallest absolute Gasteiger partial charge is 0.405 e. The van der Waals surface area contributed by atoms with Crippen LogP contribution in [0.5, 0.6) is 0 Å². The predicted octanol–water partition coefficient (Wildman–Crippen LogP) is 15.4. The quantitative estimate of drug-likeness (QED) is 0.0646. The van der Waals surface area contributed by atoms with Gasteiger partial charge in [0, 0.05) is 112 Å². The molecule has 0 saturated carbocycles. The van der Waals surface area contributed by atoms with Crippen LogP contribution < -0.4 is 42.7 Å². The van der Waals surface area contributed by atoms with E-state index in [1.165, 1.54) is 45.0 Å². The van der Waals surface area contributed by atoms with Gasteiger partial charge in [0.2, 0.25) is 0 Å². The normalized spacial score (nSPS) is 10.3. The zero-order chi connectivity index (χ0) is 41.2. The van der Waals surface area contributed by atoms with E-state index < -0.39 is 7.87 Å². The molecule has 0 aliphatic rings. The lowest BCUT2D eigenvalue weighted by molar-refractivity contribution is -0.0000108. The number of rotatable bonds is 20. The van der Waals surface area contributed by atoms with Gasteiger partial charge < -0.3 is 24.0 Å². The van der Waals surface area contributed by atoms with Gasteiger partial charge in [-0.2, -0.15) is 18.7 Å². The molecule has 56 heavy (non-hydrogen) atoms. The van der Waals surface area contributed by atoms with Gasteiger partial charge in [-0.05, 0) is 102 Å². The third-order valence-electron chi connectivity index (χ3n) is 9.52. The van der Waals surface area contributed by atoms with Crippen molar-refractivity contribution in [2.45, 2.75) is 107 Å². The van der Waals surface area contributed by atoms with E-state index in [-0.39, 0.29) is 24.0 Å². The second-order valence-electron chi connectivity index (χ2n) is 13.8. The molecule has 314 valence electrons. The number of benzene rings is 4. The highest BCUT2D eigenvalue weighted by molar-refractivity contribution is 15.0. The van der Waals surface area contributed by atoms with Crippen molar-refractivity contribution < 1.29 is 24.0 Å². The molecule has 0 heterocycles. The summed E-state index contributed by atoms with van der Waals surface area (Å²) in [6.45, 7) is 22.1. The van der Waals surface area contributed by atoms with Crippen molar-refractivity contribution in [1.29, 1.82) is 0 Å². The van der Waals surface area contributed by atoms with Gasteiger partial charge in [-0.1, -0.05) is 124 Å². The Hall–Kier alpha value is 1.62. The van der Waals surface area contributed by atoms with E-state index in [1.54, 1.807) is 0 Å². The van der Waals surface area contributed by atoms with Crippen LogP contribution in [0.3, 0.4) is 0 Å². The lowest BCUT2D eigenvalue weighted by Crippen LogP contribution is -3.00. The Morgan fingerprint density at radius 2 is 0.500 bits per heavy atom. The molecule has 0 aliphatic heterocycles. The molecule has 0 atom stereocenters. The van der Waals surface area contributed by atoms with Gasteiger partial charge in [0.1, 0.15) is 0 Å². The number of nitrogens with zero attached hydrogens (tertiary/aromatic N) is 4. The van der Waals surface area contributed by atoms with Crippen molar-refractivity contribution in [2.75, 3.05) is 44.9 Å². The maximum Gasteiger partial charge on any atom is 0.405 e. The van der Waals surface area contributed by atoms with E-state index in [1.807, 2.05) is 0 Å². The molecule has 4 nitrogen and oxygen atoms in total. The number of hydrogen-bond acceptors (Lipinski definition) is 4. The van der Waals surface area contributed by atoms with Gasteiger partial charge in [-0.15, -0.1) is 0 Å². The number of aryl methyl sites for hydroxylation is 4. The summed E-state index contributed by atoms with van der Waals surface area (Å²) in [6, 6.07) is 37.7. The average molecular weight is 1570 g/mol. The molecule has 0 aliphatic carbocycles. The molecule has 12 heteroatoms. The SMILES string of the molecule is CCCCN(c1ccc(C)cc1)[P+](N(CCCC)c1ccc(C)cc1)(N(CCCC)c1ccc(C)cc1)N(CCCC)c1ccc(C)cc1.II.II.II.[I-]. The van der Waals surface area contributed by atoms with E-state index in [0.717, 1.165) is 77.5 Å². The fourth-order valence-electron chi connectivity index (χ4n) is 6.55. The van der Waals surface area contributed by atoms with Crippen molar-refractivity contribution in [3.63, 3.8) is 0 Å². The zero-order valence-electron chi connectivity index (χ0n) is 34.6. The van der Waals surface area contributed by atoms with Crippen molar-refractivity contribution in [3.8, 4) is 0 Å². The summed E-state index contributed by atoms with van der Waals surface area (Å²) in [4.78, 5) is 0. The minimum absolute atomic E-state index is 0. The predicted molar refractivity (Wildman–Crippen MR) is 305 cm³/mol. The number of halogens is 7. The first-order chi connectivity index (χ1) is 26.8. The minimum atomic E-state index is -2.67. The van der Waals surface area contributed by atoms with E-state index in [2.05, 4.69) is 283 Å². The monoisotopic (exact) mass is 1570 g/mol. The van der Waals surface area contributed by atoms with Crippen LogP contribution in [0.2, 0.25) is 0 Å². The molecule has 4 aromatic rings. The molecule has 4 aromatic carbocycles. The Kier molecular flexibility index (Phi) is 35.1. The molecular formula is C44H64I7N4P. The highest BCUT2D eigenvalue weighted by Crippen LogP contribution is 2.73. The summed E-state index contributed by atoms with van der Waals surface area (Å²) >= 11 is 12.7. The summed E-state index contributed by atoms with van der Waals surface area (Å²) < 4.78 is 11.5. The van der Waals surface area contributed by atoms with Gasteiger partial charge in [0.25, 0.3) is 0 Å². The lowest BCUT2D eigenvalue weighted by atomic mass is 10.2. The Labute approximate surface area is 430 Å². The van der Waals surface area contributed by atoms with Crippen LogP contribution in [0.4, 0.5) is 22.7 Å². The molecule has 0 bridgehead atoms.